The first-order chi connectivity index (χ1) is 32.8. The first-order valence-electron chi connectivity index (χ1n) is 22.3. The highest BCUT2D eigenvalue weighted by Crippen LogP contribution is 2.39. The number of nitrogens with zero attached hydrogens (tertiary/aromatic N) is 6. The number of esters is 1. The highest BCUT2D eigenvalue weighted by molar-refractivity contribution is 5.98. The van der Waals surface area contributed by atoms with Crippen molar-refractivity contribution in [2.75, 3.05) is 37.0 Å². The summed E-state index contributed by atoms with van der Waals surface area (Å²) in [5.74, 6) is -0.243. The van der Waals surface area contributed by atoms with E-state index in [0.717, 1.165) is 28.5 Å². The van der Waals surface area contributed by atoms with Gasteiger partial charge in [-0.05, 0) is 56.0 Å². The van der Waals surface area contributed by atoms with E-state index in [9.17, 15) is 14.4 Å². The molecule has 0 aliphatic rings. The summed E-state index contributed by atoms with van der Waals surface area (Å²) in [6.45, 7) is 7.77. The van der Waals surface area contributed by atoms with Gasteiger partial charge in [0.15, 0.2) is 5.65 Å². The predicted molar refractivity (Wildman–Crippen MR) is 257 cm³/mol. The Bertz CT molecular complexity index is 2730. The Balaban J connectivity index is 1.28. The number of carbonyl (C=O) groups is 3. The maximum Gasteiger partial charge on any atom is 0.409 e. The van der Waals surface area contributed by atoms with Crippen molar-refractivity contribution >= 4 is 35.4 Å². The van der Waals surface area contributed by atoms with Crippen LogP contribution in [0.1, 0.15) is 60.3 Å². The molecule has 0 fully saturated rings. The number of anilines is 2. The Morgan fingerprint density at radius 3 is 2.01 bits per heavy atom. The molecule has 352 valence electrons. The number of alkyl carbamates (subject to hydrolysis) is 1. The number of halogens is 1. The van der Waals surface area contributed by atoms with Crippen LogP contribution in [0.2, 0.25) is 0 Å². The van der Waals surface area contributed by atoms with Crippen LogP contribution in [0.5, 0.6) is 5.88 Å². The smallest absolute Gasteiger partial charge is 0.409 e. The van der Waals surface area contributed by atoms with Crippen LogP contribution in [-0.4, -0.2) is 81.1 Å². The summed E-state index contributed by atoms with van der Waals surface area (Å²) in [6, 6.07) is 40.2. The highest BCUT2D eigenvalue weighted by atomic mass is 19.1. The second-order valence-electron chi connectivity index (χ2n) is 16.9. The predicted octanol–water partition coefficient (Wildman–Crippen LogP) is 9.47. The number of pyridine rings is 1. The number of carbonyl (C=O) groups excluding carboxylic acids is 3. The Morgan fingerprint density at radius 2 is 1.41 bits per heavy atom. The molecule has 2 amide bonds. The molecule has 68 heavy (non-hydrogen) atoms. The van der Waals surface area contributed by atoms with Crippen molar-refractivity contribution in [3.8, 4) is 17.0 Å². The van der Waals surface area contributed by atoms with Gasteiger partial charge in [-0.25, -0.2) is 28.7 Å². The first-order valence-corrected chi connectivity index (χ1v) is 22.3. The lowest BCUT2D eigenvalue weighted by molar-refractivity contribution is 0.0478. The molecular weight excluding hydrogens is 868 g/mol. The van der Waals surface area contributed by atoms with Gasteiger partial charge in [0.2, 0.25) is 5.88 Å². The normalized spacial score (nSPS) is 11.6. The molecule has 1 atom stereocenters. The molecule has 0 spiro atoms. The van der Waals surface area contributed by atoms with E-state index in [1.165, 1.54) is 17.2 Å². The first kappa shape index (κ1) is 47.9. The summed E-state index contributed by atoms with van der Waals surface area (Å²) < 4.78 is 39.9. The highest BCUT2D eigenvalue weighted by Gasteiger charge is 2.28. The molecule has 3 aromatic heterocycles. The van der Waals surface area contributed by atoms with Gasteiger partial charge in [0.05, 0.1) is 37.7 Å². The fourth-order valence-corrected chi connectivity index (χ4v) is 7.34. The average Bonchev–Trinajstić information content (AvgIpc) is 3.76. The van der Waals surface area contributed by atoms with Gasteiger partial charge in [0, 0.05) is 32.2 Å². The topological polar surface area (TPSA) is 162 Å². The summed E-state index contributed by atoms with van der Waals surface area (Å²) in [5.41, 5.74) is 4.18. The summed E-state index contributed by atoms with van der Waals surface area (Å²) >= 11 is 0. The fourth-order valence-electron chi connectivity index (χ4n) is 7.34. The van der Waals surface area contributed by atoms with Gasteiger partial charge in [0.1, 0.15) is 41.3 Å². The van der Waals surface area contributed by atoms with E-state index in [0.29, 0.717) is 30.3 Å². The van der Waals surface area contributed by atoms with Crippen LogP contribution in [0.3, 0.4) is 0 Å². The third kappa shape index (κ3) is 12.9. The number of amides is 2. The number of nitrogens with one attached hydrogen (secondary N) is 2. The number of ether oxygens (including phenoxy) is 4. The lowest BCUT2D eigenvalue weighted by Gasteiger charge is -2.29. The molecule has 7 aromatic rings. The Labute approximate surface area is 394 Å². The molecule has 4 aromatic carbocycles. The zero-order valence-electron chi connectivity index (χ0n) is 38.7. The maximum absolute atomic E-state index is 15.3. The van der Waals surface area contributed by atoms with Crippen LogP contribution < -0.4 is 20.3 Å². The zero-order valence-corrected chi connectivity index (χ0v) is 38.7. The van der Waals surface area contributed by atoms with Crippen molar-refractivity contribution in [2.45, 2.75) is 65.6 Å². The molecule has 0 bridgehead atoms. The van der Waals surface area contributed by atoms with E-state index in [1.807, 2.05) is 121 Å². The van der Waals surface area contributed by atoms with Crippen LogP contribution in [0, 0.1) is 5.82 Å². The summed E-state index contributed by atoms with van der Waals surface area (Å²) in [6.07, 6.45) is 0.229. The van der Waals surface area contributed by atoms with Gasteiger partial charge in [-0.15, -0.1) is 0 Å². The third-order valence-electron chi connectivity index (χ3n) is 10.4. The van der Waals surface area contributed by atoms with E-state index in [4.69, 9.17) is 29.0 Å². The Morgan fingerprint density at radius 1 is 0.809 bits per heavy atom. The molecule has 0 saturated carbocycles. The standard InChI is InChI=1S/C52H55FN8O7/c1-6-65-49(62)43-31-57-61-46(43)58-45(44(39-25-17-10-18-26-39)48(61)60(32-36-19-11-7-12-20-36)33-37-21-13-8-14-22-37)54-28-40-27-41(53)29-55-47(40)67-42(30-56-50(63)68-52(2,3)4)34-59(5)51(64)66-35-38-23-15-9-16-24-38/h7-27,29,31,42H,6,28,30,32-35H2,1-5H3,(H,54,58)(H,56,63). The van der Waals surface area contributed by atoms with Gasteiger partial charge in [-0.3, -0.25) is 0 Å². The molecule has 0 radical (unpaired) electrons. The molecule has 16 heteroatoms. The fraction of sp³-hybridized carbons (Fsp3) is 0.269. The largest absolute Gasteiger partial charge is 0.470 e. The van der Waals surface area contributed by atoms with Gasteiger partial charge < -0.3 is 39.4 Å². The monoisotopic (exact) mass is 922 g/mol. The van der Waals surface area contributed by atoms with Crippen LogP contribution in [0.4, 0.5) is 25.6 Å². The number of rotatable bonds is 19. The SMILES string of the molecule is CCOC(=O)c1cnn2c(N(Cc3ccccc3)Cc3ccccc3)c(-c3ccccc3)c(NCc3cc(F)cnc3OC(CNC(=O)OC(C)(C)C)CN(C)C(=O)OCc3ccccc3)nc12. The number of benzene rings is 4. The molecule has 7 rings (SSSR count). The Kier molecular flexibility index (Phi) is 15.8. The van der Waals surface area contributed by atoms with Crippen LogP contribution >= 0.6 is 0 Å². The van der Waals surface area contributed by atoms with Crippen molar-refractivity contribution in [1.29, 1.82) is 0 Å². The minimum atomic E-state index is -0.919. The number of fused-ring (bicyclic) bond motifs is 1. The van der Waals surface area contributed by atoms with Gasteiger partial charge in [-0.1, -0.05) is 121 Å². The quantitative estimate of drug-likeness (QED) is 0.0585. The second-order valence-corrected chi connectivity index (χ2v) is 16.9. The van der Waals surface area contributed by atoms with Crippen LogP contribution in [0.25, 0.3) is 16.8 Å². The molecule has 0 aliphatic heterocycles. The van der Waals surface area contributed by atoms with E-state index in [1.54, 1.807) is 39.3 Å². The number of aromatic nitrogens is 4. The molecule has 0 aliphatic carbocycles. The Hall–Kier alpha value is -8.01. The van der Waals surface area contributed by atoms with Crippen LogP contribution in [0.15, 0.2) is 140 Å². The van der Waals surface area contributed by atoms with Crippen LogP contribution in [-0.2, 0) is 40.5 Å². The third-order valence-corrected chi connectivity index (χ3v) is 10.4. The minimum absolute atomic E-state index is 0.0230. The van der Waals surface area contributed by atoms with Crippen molar-refractivity contribution in [2.24, 2.45) is 0 Å². The van der Waals surface area contributed by atoms with Gasteiger partial charge in [0.25, 0.3) is 0 Å². The lowest BCUT2D eigenvalue weighted by atomic mass is 10.0. The molecule has 3 heterocycles. The zero-order chi connectivity index (χ0) is 48.0. The molecule has 0 saturated heterocycles. The molecular formula is C52H55FN8O7. The number of hydrogen-bond donors (Lipinski definition) is 2. The number of likely N-dealkylation sites (N-methyl/N-ethyl adjacent to an activating group) is 1. The van der Waals surface area contributed by atoms with E-state index >= 15 is 4.39 Å². The molecule has 2 N–H and O–H groups in total. The molecule has 1 unspecified atom stereocenters. The van der Waals surface area contributed by atoms with Crippen molar-refractivity contribution in [3.63, 3.8) is 0 Å². The second kappa shape index (κ2) is 22.5. The molecule has 15 nitrogen and oxygen atoms in total. The van der Waals surface area contributed by atoms with Gasteiger partial charge >= 0.3 is 18.2 Å². The number of hydrogen-bond acceptors (Lipinski definition) is 12. The summed E-state index contributed by atoms with van der Waals surface area (Å²) in [5, 5.41) is 10.9. The maximum atomic E-state index is 15.3. The summed E-state index contributed by atoms with van der Waals surface area (Å²) in [7, 11) is 1.54. The summed E-state index contributed by atoms with van der Waals surface area (Å²) in [4.78, 5) is 52.5. The average molecular weight is 923 g/mol. The van der Waals surface area contributed by atoms with E-state index in [-0.39, 0.29) is 55.5 Å². The lowest BCUT2D eigenvalue weighted by Crippen LogP contribution is -2.45. The van der Waals surface area contributed by atoms with E-state index in [2.05, 4.69) is 20.5 Å². The van der Waals surface area contributed by atoms with Crippen molar-refractivity contribution in [3.05, 3.63) is 173 Å². The van der Waals surface area contributed by atoms with Gasteiger partial charge in [-0.2, -0.15) is 9.61 Å². The van der Waals surface area contributed by atoms with Crippen molar-refractivity contribution in [1.82, 2.24) is 29.8 Å². The van der Waals surface area contributed by atoms with E-state index < -0.39 is 35.7 Å². The van der Waals surface area contributed by atoms with Crippen molar-refractivity contribution < 1.29 is 37.7 Å². The minimum Gasteiger partial charge on any atom is -0.470 e.